The molecule has 1 aromatic carbocycles. The van der Waals surface area contributed by atoms with E-state index in [1.807, 2.05) is 0 Å². The smallest absolute Gasteiger partial charge is 0.165 e. The maximum absolute atomic E-state index is 12.0. The third-order valence-electron chi connectivity index (χ3n) is 3.47. The van der Waals surface area contributed by atoms with Gasteiger partial charge in [-0.2, -0.15) is 0 Å². The van der Waals surface area contributed by atoms with Crippen molar-refractivity contribution in [2.24, 2.45) is 0 Å². The Labute approximate surface area is 116 Å². The Morgan fingerprint density at radius 1 is 1.00 bits per heavy atom. The molecule has 110 valence electrons. The number of Topliss-reactive ketones (excluding diaryl/α,β-unsaturated/α-hetero) is 1. The van der Waals surface area contributed by atoms with Crippen molar-refractivity contribution in [2.75, 3.05) is 6.61 Å². The van der Waals surface area contributed by atoms with Gasteiger partial charge in [-0.05, 0) is 0 Å². The molecule has 1 heterocycles. The van der Waals surface area contributed by atoms with E-state index >= 15 is 0 Å². The van der Waals surface area contributed by atoms with Gasteiger partial charge in [-0.25, -0.2) is 0 Å². The molecule has 1 aliphatic heterocycles. The maximum atomic E-state index is 12.0. The molecule has 1 fully saturated rings. The monoisotopic (exact) mass is 282 g/mol. The lowest BCUT2D eigenvalue weighted by Gasteiger charge is -2.39. The highest BCUT2D eigenvalue weighted by molar-refractivity contribution is 5.96. The fourth-order valence-corrected chi connectivity index (χ4v) is 2.27. The van der Waals surface area contributed by atoms with Gasteiger partial charge < -0.3 is 25.2 Å². The van der Waals surface area contributed by atoms with Crippen molar-refractivity contribution in [1.29, 1.82) is 0 Å². The lowest BCUT2D eigenvalue weighted by atomic mass is 9.91. The van der Waals surface area contributed by atoms with E-state index in [0.717, 1.165) is 0 Å². The highest BCUT2D eigenvalue weighted by Crippen LogP contribution is 2.24. The third kappa shape index (κ3) is 3.05. The van der Waals surface area contributed by atoms with Crippen LogP contribution in [-0.4, -0.2) is 63.3 Å². The summed E-state index contributed by atoms with van der Waals surface area (Å²) >= 11 is 0. The molecule has 1 saturated heterocycles. The van der Waals surface area contributed by atoms with Crippen LogP contribution >= 0.6 is 0 Å². The molecule has 0 saturated carbocycles. The van der Waals surface area contributed by atoms with E-state index in [1.54, 1.807) is 30.3 Å². The van der Waals surface area contributed by atoms with E-state index in [-0.39, 0.29) is 12.2 Å². The largest absolute Gasteiger partial charge is 0.394 e. The molecular formula is C14H18O6. The molecule has 1 aromatic rings. The minimum atomic E-state index is -1.45. The van der Waals surface area contributed by atoms with E-state index in [1.165, 1.54) is 0 Å². The molecule has 5 atom stereocenters. The van der Waals surface area contributed by atoms with Crippen molar-refractivity contribution in [2.45, 2.75) is 36.9 Å². The maximum Gasteiger partial charge on any atom is 0.165 e. The summed E-state index contributed by atoms with van der Waals surface area (Å²) in [5.41, 5.74) is 0.476. The topological polar surface area (TPSA) is 107 Å². The van der Waals surface area contributed by atoms with Gasteiger partial charge in [0.25, 0.3) is 0 Å². The summed E-state index contributed by atoms with van der Waals surface area (Å²) in [5, 5.41) is 38.2. The van der Waals surface area contributed by atoms with E-state index in [0.29, 0.717) is 5.56 Å². The van der Waals surface area contributed by atoms with Gasteiger partial charge in [0.15, 0.2) is 5.78 Å². The van der Waals surface area contributed by atoms with Crippen LogP contribution in [0.3, 0.4) is 0 Å². The van der Waals surface area contributed by atoms with E-state index < -0.39 is 37.1 Å². The first kappa shape index (κ1) is 15.1. The van der Waals surface area contributed by atoms with Gasteiger partial charge in [0, 0.05) is 12.0 Å². The van der Waals surface area contributed by atoms with Crippen LogP contribution in [0.1, 0.15) is 16.8 Å². The van der Waals surface area contributed by atoms with Gasteiger partial charge in [-0.15, -0.1) is 0 Å². The second-order valence-electron chi connectivity index (χ2n) is 4.86. The predicted molar refractivity (Wildman–Crippen MR) is 69.2 cm³/mol. The lowest BCUT2D eigenvalue weighted by Crippen LogP contribution is -2.58. The summed E-state index contributed by atoms with van der Waals surface area (Å²) in [6.07, 6.45) is -6.31. The van der Waals surface area contributed by atoms with Crippen molar-refractivity contribution in [3.05, 3.63) is 35.9 Å². The highest BCUT2D eigenvalue weighted by Gasteiger charge is 2.43. The number of carbonyl (C=O) groups is 1. The van der Waals surface area contributed by atoms with Gasteiger partial charge in [-0.1, -0.05) is 30.3 Å². The van der Waals surface area contributed by atoms with Crippen molar-refractivity contribution in [1.82, 2.24) is 0 Å². The summed E-state index contributed by atoms with van der Waals surface area (Å²) in [7, 11) is 0. The van der Waals surface area contributed by atoms with Crippen molar-refractivity contribution < 1.29 is 30.0 Å². The predicted octanol–water partition coefficient (Wildman–Crippen LogP) is -0.898. The van der Waals surface area contributed by atoms with E-state index in [9.17, 15) is 20.1 Å². The van der Waals surface area contributed by atoms with Crippen molar-refractivity contribution in [3.8, 4) is 0 Å². The zero-order chi connectivity index (χ0) is 14.7. The van der Waals surface area contributed by atoms with Gasteiger partial charge in [0.2, 0.25) is 0 Å². The van der Waals surface area contributed by atoms with Crippen LogP contribution in [0, 0.1) is 0 Å². The van der Waals surface area contributed by atoms with Gasteiger partial charge in [0.1, 0.15) is 24.4 Å². The molecule has 0 aromatic heterocycles. The molecule has 0 spiro atoms. The van der Waals surface area contributed by atoms with E-state index in [4.69, 9.17) is 9.84 Å². The van der Waals surface area contributed by atoms with Crippen LogP contribution in [0.25, 0.3) is 0 Å². The first-order valence-corrected chi connectivity index (χ1v) is 6.43. The first-order chi connectivity index (χ1) is 9.54. The third-order valence-corrected chi connectivity index (χ3v) is 3.47. The van der Waals surface area contributed by atoms with Crippen molar-refractivity contribution >= 4 is 5.78 Å². The van der Waals surface area contributed by atoms with E-state index in [2.05, 4.69) is 0 Å². The fourth-order valence-electron chi connectivity index (χ4n) is 2.27. The lowest BCUT2D eigenvalue weighted by molar-refractivity contribution is -0.227. The average molecular weight is 282 g/mol. The van der Waals surface area contributed by atoms with Crippen LogP contribution in [0.4, 0.5) is 0 Å². The molecule has 0 bridgehead atoms. The Kier molecular flexibility index (Phi) is 4.85. The molecule has 2 rings (SSSR count). The second-order valence-corrected chi connectivity index (χ2v) is 4.86. The molecular weight excluding hydrogens is 264 g/mol. The SMILES string of the molecule is O=C(C[C@@H]1O[C@H](CO)[C@@H](O)[C@H](O)[C@@H]1O)c1ccccc1. The molecule has 4 N–H and O–H groups in total. The molecule has 20 heavy (non-hydrogen) atoms. The minimum Gasteiger partial charge on any atom is -0.394 e. The summed E-state index contributed by atoms with van der Waals surface area (Å²) in [6.45, 7) is -0.499. The molecule has 6 nitrogen and oxygen atoms in total. The van der Waals surface area contributed by atoms with Gasteiger partial charge >= 0.3 is 0 Å². The first-order valence-electron chi connectivity index (χ1n) is 6.43. The summed E-state index contributed by atoms with van der Waals surface area (Å²) in [5.74, 6) is -0.241. The van der Waals surface area contributed by atoms with Crippen LogP contribution in [-0.2, 0) is 4.74 Å². The van der Waals surface area contributed by atoms with Gasteiger partial charge in [0.05, 0.1) is 12.7 Å². The zero-order valence-corrected chi connectivity index (χ0v) is 10.8. The molecule has 6 heteroatoms. The number of rotatable bonds is 4. The number of aliphatic hydroxyl groups is 4. The number of ether oxygens (including phenoxy) is 1. The number of aliphatic hydroxyl groups excluding tert-OH is 4. The Balaban J connectivity index is 2.06. The Morgan fingerprint density at radius 2 is 1.60 bits per heavy atom. The quantitative estimate of drug-likeness (QED) is 0.533. The molecule has 0 amide bonds. The average Bonchev–Trinajstić information content (AvgIpc) is 2.48. The van der Waals surface area contributed by atoms with Crippen LogP contribution in [0.5, 0.6) is 0 Å². The number of ketones is 1. The van der Waals surface area contributed by atoms with Gasteiger partial charge in [-0.3, -0.25) is 4.79 Å². The van der Waals surface area contributed by atoms with Crippen LogP contribution in [0.2, 0.25) is 0 Å². The molecule has 0 radical (unpaired) electrons. The number of carbonyl (C=O) groups excluding carboxylic acids is 1. The summed E-state index contributed by atoms with van der Waals surface area (Å²) in [4.78, 5) is 12.0. The Morgan fingerprint density at radius 3 is 2.20 bits per heavy atom. The Bertz CT molecular complexity index is 446. The molecule has 1 aliphatic rings. The minimum absolute atomic E-state index is 0.133. The summed E-state index contributed by atoms with van der Waals surface area (Å²) in [6, 6.07) is 8.52. The van der Waals surface area contributed by atoms with Crippen molar-refractivity contribution in [3.63, 3.8) is 0 Å². The standard InChI is InChI=1S/C14H18O6/c15-7-11-13(18)14(19)12(17)10(20-11)6-9(16)8-4-2-1-3-5-8/h1-5,10-15,17-19H,6-7H2/t10-,11+,12+,13+,14+/m0/s1. The Hall–Kier alpha value is -1.31. The molecule has 0 unspecified atom stereocenters. The number of benzene rings is 1. The van der Waals surface area contributed by atoms with Crippen LogP contribution < -0.4 is 0 Å². The second kappa shape index (κ2) is 6.43. The zero-order valence-electron chi connectivity index (χ0n) is 10.8. The fraction of sp³-hybridized carbons (Fsp3) is 0.500. The van der Waals surface area contributed by atoms with Crippen LogP contribution in [0.15, 0.2) is 30.3 Å². The summed E-state index contributed by atoms with van der Waals surface area (Å²) < 4.78 is 5.29. The highest BCUT2D eigenvalue weighted by atomic mass is 16.5. The number of hydrogen-bond donors (Lipinski definition) is 4. The normalized spacial score (nSPS) is 33.9. The number of hydrogen-bond acceptors (Lipinski definition) is 6. The molecule has 0 aliphatic carbocycles.